The smallest absolute Gasteiger partial charge is 0.0767 e. The van der Waals surface area contributed by atoms with E-state index in [1.54, 1.807) is 0 Å². The molecule has 48 valence electrons. The highest BCUT2D eigenvalue weighted by molar-refractivity contribution is 7.45. The van der Waals surface area contributed by atoms with E-state index in [1.165, 1.54) is 6.42 Å². The fraction of sp³-hybridized carbons (Fsp3) is 1.00. The van der Waals surface area contributed by atoms with Crippen LogP contribution >= 0.6 is 7.80 Å². The van der Waals surface area contributed by atoms with Crippen molar-refractivity contribution in [1.82, 2.24) is 0 Å². The highest BCUT2D eigenvalue weighted by Crippen LogP contribution is 2.43. The van der Waals surface area contributed by atoms with Gasteiger partial charge in [0.1, 0.15) is 0 Å². The van der Waals surface area contributed by atoms with Gasteiger partial charge in [-0.25, -0.2) is 0 Å². The summed E-state index contributed by atoms with van der Waals surface area (Å²) in [6.07, 6.45) is 3.15. The average Bonchev–Trinajstić information content (AvgIpc) is 1.82. The van der Waals surface area contributed by atoms with Crippen LogP contribution in [0.4, 0.5) is 0 Å². The van der Waals surface area contributed by atoms with E-state index < -0.39 is 7.80 Å². The lowest BCUT2D eigenvalue weighted by Gasteiger charge is -2.12. The van der Waals surface area contributed by atoms with Crippen LogP contribution in [0.2, 0.25) is 0 Å². The lowest BCUT2D eigenvalue weighted by atomic mass is 9.94. The molecule has 1 aliphatic heterocycles. The van der Waals surface area contributed by atoms with Crippen LogP contribution in [0, 0.1) is 5.41 Å². The predicted octanol–water partition coefficient (Wildman–Crippen LogP) is 1.98. The van der Waals surface area contributed by atoms with Crippen molar-refractivity contribution >= 4 is 7.80 Å². The van der Waals surface area contributed by atoms with Gasteiger partial charge in [0.15, 0.2) is 0 Å². The van der Waals surface area contributed by atoms with Gasteiger partial charge in [0.2, 0.25) is 0 Å². The Labute approximate surface area is 51.3 Å². The molecule has 1 atom stereocenters. The fourth-order valence-corrected chi connectivity index (χ4v) is 3.57. The molecule has 1 aliphatic rings. The normalized spacial score (nSPS) is 35.5. The van der Waals surface area contributed by atoms with Crippen molar-refractivity contribution in [2.45, 2.75) is 20.3 Å². The maximum absolute atomic E-state index is 10.8. The zero-order valence-electron chi connectivity index (χ0n) is 5.53. The molecule has 0 aromatic carbocycles. The molecule has 0 aromatic heterocycles. The van der Waals surface area contributed by atoms with E-state index in [-0.39, 0.29) is 0 Å². The fourth-order valence-electron chi connectivity index (χ4n) is 1.19. The third kappa shape index (κ3) is 1.35. The molecule has 8 heavy (non-hydrogen) atoms. The van der Waals surface area contributed by atoms with Crippen LogP contribution in [0.15, 0.2) is 0 Å². The zero-order chi connectivity index (χ0) is 6.20. The molecule has 0 N–H and O–H groups in total. The highest BCUT2D eigenvalue weighted by Gasteiger charge is 2.27. The largest absolute Gasteiger partial charge is 0.327 e. The number of rotatable bonds is 0. The van der Waals surface area contributed by atoms with Gasteiger partial charge in [-0.2, -0.15) is 0 Å². The average molecular weight is 132 g/mol. The van der Waals surface area contributed by atoms with Gasteiger partial charge in [0.25, 0.3) is 0 Å². The molecule has 1 saturated heterocycles. The van der Waals surface area contributed by atoms with Crippen LogP contribution in [0.3, 0.4) is 0 Å². The summed E-state index contributed by atoms with van der Waals surface area (Å²) in [7, 11) is -1.11. The van der Waals surface area contributed by atoms with Crippen LogP contribution in [-0.2, 0) is 4.57 Å². The van der Waals surface area contributed by atoms with E-state index in [2.05, 4.69) is 13.8 Å². The summed E-state index contributed by atoms with van der Waals surface area (Å²) in [5.74, 6) is 0. The zero-order valence-corrected chi connectivity index (χ0v) is 6.53. The Kier molecular flexibility index (Phi) is 1.49. The van der Waals surface area contributed by atoms with Gasteiger partial charge < -0.3 is 4.57 Å². The minimum Gasteiger partial charge on any atom is -0.327 e. The molecular formula is C6H13OP. The quantitative estimate of drug-likeness (QED) is 0.460. The Morgan fingerprint density at radius 2 is 2.12 bits per heavy atom. The highest BCUT2D eigenvalue weighted by atomic mass is 31.1. The monoisotopic (exact) mass is 132 g/mol. The van der Waals surface area contributed by atoms with Crippen molar-refractivity contribution in [3.8, 4) is 0 Å². The van der Waals surface area contributed by atoms with Crippen molar-refractivity contribution in [1.29, 1.82) is 0 Å². The summed E-state index contributed by atoms with van der Waals surface area (Å²) in [6, 6.07) is 0. The van der Waals surface area contributed by atoms with Gasteiger partial charge >= 0.3 is 0 Å². The van der Waals surface area contributed by atoms with Crippen LogP contribution in [-0.4, -0.2) is 12.3 Å². The molecule has 1 heterocycles. The van der Waals surface area contributed by atoms with E-state index in [4.69, 9.17) is 0 Å². The third-order valence-electron chi connectivity index (χ3n) is 1.76. The summed E-state index contributed by atoms with van der Waals surface area (Å²) in [5, 5.41) is 0. The molecule has 1 unspecified atom stereocenters. The number of hydrogen-bond acceptors (Lipinski definition) is 1. The second kappa shape index (κ2) is 1.88. The summed E-state index contributed by atoms with van der Waals surface area (Å²) < 4.78 is 10.8. The van der Waals surface area contributed by atoms with E-state index in [0.29, 0.717) is 5.41 Å². The molecule has 0 bridgehead atoms. The summed E-state index contributed by atoms with van der Waals surface area (Å²) >= 11 is 0. The first-order valence-electron chi connectivity index (χ1n) is 3.12. The lowest BCUT2D eigenvalue weighted by molar-refractivity contribution is 0.427. The molecule has 0 aliphatic carbocycles. The lowest BCUT2D eigenvalue weighted by Crippen LogP contribution is -2.07. The molecule has 0 radical (unpaired) electrons. The molecule has 0 saturated carbocycles. The first-order valence-corrected chi connectivity index (χ1v) is 4.94. The van der Waals surface area contributed by atoms with Gasteiger partial charge in [0.05, 0.1) is 7.80 Å². The van der Waals surface area contributed by atoms with Crippen LogP contribution in [0.25, 0.3) is 0 Å². The van der Waals surface area contributed by atoms with Gasteiger partial charge in [-0.1, -0.05) is 13.8 Å². The first kappa shape index (κ1) is 6.35. The maximum atomic E-state index is 10.8. The Morgan fingerprint density at radius 1 is 1.50 bits per heavy atom. The third-order valence-corrected chi connectivity index (χ3v) is 3.92. The van der Waals surface area contributed by atoms with Crippen molar-refractivity contribution in [3.05, 3.63) is 0 Å². The second-order valence-corrected chi connectivity index (χ2v) is 5.31. The molecular weight excluding hydrogens is 119 g/mol. The maximum Gasteiger partial charge on any atom is 0.0767 e. The van der Waals surface area contributed by atoms with E-state index in [9.17, 15) is 4.57 Å². The first-order chi connectivity index (χ1) is 3.60. The molecule has 0 spiro atoms. The van der Waals surface area contributed by atoms with Crippen molar-refractivity contribution < 1.29 is 4.57 Å². The topological polar surface area (TPSA) is 17.1 Å². The van der Waals surface area contributed by atoms with Crippen molar-refractivity contribution in [2.24, 2.45) is 5.41 Å². The van der Waals surface area contributed by atoms with Crippen LogP contribution in [0.5, 0.6) is 0 Å². The Bertz CT molecular complexity index is 118. The molecule has 1 rings (SSSR count). The Balaban J connectivity index is 2.56. The van der Waals surface area contributed by atoms with Crippen molar-refractivity contribution in [2.75, 3.05) is 12.3 Å². The van der Waals surface area contributed by atoms with Gasteiger partial charge in [-0.15, -0.1) is 0 Å². The Hall–Kier alpha value is 0.230. The van der Waals surface area contributed by atoms with E-state index >= 15 is 0 Å². The second-order valence-electron chi connectivity index (χ2n) is 3.38. The SMILES string of the molecule is CC1(C)CC[PH](=O)C1. The van der Waals surface area contributed by atoms with Gasteiger partial charge in [-0.3, -0.25) is 0 Å². The molecule has 1 fully saturated rings. The summed E-state index contributed by atoms with van der Waals surface area (Å²) in [6.45, 7) is 4.39. The van der Waals surface area contributed by atoms with Crippen molar-refractivity contribution in [3.63, 3.8) is 0 Å². The van der Waals surface area contributed by atoms with Crippen LogP contribution in [0.1, 0.15) is 20.3 Å². The summed E-state index contributed by atoms with van der Waals surface area (Å²) in [5.41, 5.74) is 0.399. The molecule has 1 nitrogen and oxygen atoms in total. The number of hydrogen-bond donors (Lipinski definition) is 0. The van der Waals surface area contributed by atoms with Gasteiger partial charge in [0, 0.05) is 6.16 Å². The molecule has 0 aromatic rings. The van der Waals surface area contributed by atoms with Crippen LogP contribution < -0.4 is 0 Å². The molecule has 0 amide bonds. The van der Waals surface area contributed by atoms with E-state index in [0.717, 1.165) is 12.3 Å². The molecule has 2 heteroatoms. The Morgan fingerprint density at radius 3 is 2.25 bits per heavy atom. The minimum absolute atomic E-state index is 0.399. The summed E-state index contributed by atoms with van der Waals surface area (Å²) in [4.78, 5) is 0. The minimum atomic E-state index is -1.11. The van der Waals surface area contributed by atoms with Gasteiger partial charge in [-0.05, 0) is 18.0 Å². The standard InChI is InChI=1S/C6H13OP/c1-6(2)3-4-8(7)5-6/h8H,3-5H2,1-2H3. The van der Waals surface area contributed by atoms with E-state index in [1.807, 2.05) is 0 Å². The predicted molar refractivity (Wildman–Crippen MR) is 37.1 cm³/mol.